The quantitative estimate of drug-likeness (QED) is 0.872. The maximum Gasteiger partial charge on any atom is 0.251 e. The molecule has 1 aromatic carbocycles. The average molecular weight is 269 g/mol. The van der Waals surface area contributed by atoms with Gasteiger partial charge in [0.15, 0.2) is 0 Å². The van der Waals surface area contributed by atoms with Gasteiger partial charge in [0.25, 0.3) is 5.91 Å². The third-order valence-corrected chi connectivity index (χ3v) is 3.17. The molecule has 0 saturated heterocycles. The van der Waals surface area contributed by atoms with Gasteiger partial charge >= 0.3 is 0 Å². The van der Waals surface area contributed by atoms with Gasteiger partial charge in [-0.2, -0.15) is 0 Å². The number of nitrogens with two attached hydrogens (primary N) is 1. The second-order valence-electron chi connectivity index (χ2n) is 4.59. The number of pyridine rings is 1. The monoisotopic (exact) mass is 269 g/mol. The zero-order chi connectivity index (χ0) is 14.4. The van der Waals surface area contributed by atoms with Crippen LogP contribution in [0.5, 0.6) is 0 Å². The summed E-state index contributed by atoms with van der Waals surface area (Å²) in [6.45, 7) is 2.97. The number of aryl methyl sites for hydroxylation is 1. The third kappa shape index (κ3) is 3.65. The molecule has 4 heteroatoms. The summed E-state index contributed by atoms with van der Waals surface area (Å²) < 4.78 is 0. The van der Waals surface area contributed by atoms with E-state index in [1.54, 1.807) is 18.3 Å². The molecule has 4 nitrogen and oxygen atoms in total. The number of aromatic nitrogens is 1. The van der Waals surface area contributed by atoms with Gasteiger partial charge in [-0.3, -0.25) is 9.78 Å². The highest BCUT2D eigenvalue weighted by atomic mass is 16.1. The van der Waals surface area contributed by atoms with Gasteiger partial charge in [-0.25, -0.2) is 0 Å². The minimum absolute atomic E-state index is 0.110. The number of hydrogen-bond acceptors (Lipinski definition) is 3. The molecule has 2 aromatic rings. The summed E-state index contributed by atoms with van der Waals surface area (Å²) in [5.74, 6) is -0.110. The molecule has 0 radical (unpaired) electrons. The van der Waals surface area contributed by atoms with Crippen LogP contribution in [0.3, 0.4) is 0 Å². The minimum Gasteiger partial charge on any atom is -0.348 e. The van der Waals surface area contributed by atoms with Gasteiger partial charge in [-0.05, 0) is 29.7 Å². The van der Waals surface area contributed by atoms with Crippen LogP contribution in [0.25, 0.3) is 0 Å². The summed E-state index contributed by atoms with van der Waals surface area (Å²) in [7, 11) is 0. The number of nitrogens with one attached hydrogen (secondary N) is 1. The molecular weight excluding hydrogens is 250 g/mol. The van der Waals surface area contributed by atoms with Crippen molar-refractivity contribution in [3.05, 3.63) is 65.0 Å². The summed E-state index contributed by atoms with van der Waals surface area (Å²) in [5.41, 5.74) is 9.20. The van der Waals surface area contributed by atoms with Crippen LogP contribution in [0.2, 0.25) is 0 Å². The Morgan fingerprint density at radius 3 is 2.55 bits per heavy atom. The van der Waals surface area contributed by atoms with Crippen LogP contribution in [-0.2, 0) is 19.5 Å². The highest BCUT2D eigenvalue weighted by Crippen LogP contribution is 2.06. The molecule has 0 aliphatic heterocycles. The van der Waals surface area contributed by atoms with Crippen molar-refractivity contribution in [2.24, 2.45) is 5.73 Å². The number of hydrogen-bond donors (Lipinski definition) is 2. The van der Waals surface area contributed by atoms with Crippen molar-refractivity contribution in [2.45, 2.75) is 26.4 Å². The molecule has 104 valence electrons. The Bertz CT molecular complexity index is 579. The Balaban J connectivity index is 1.97. The Labute approximate surface area is 119 Å². The minimum atomic E-state index is -0.110. The molecule has 0 saturated carbocycles. The predicted octanol–water partition coefficient (Wildman–Crippen LogP) is 2.03. The zero-order valence-electron chi connectivity index (χ0n) is 11.6. The van der Waals surface area contributed by atoms with E-state index in [0.717, 1.165) is 12.0 Å². The molecule has 0 spiro atoms. The first-order valence-electron chi connectivity index (χ1n) is 6.74. The van der Waals surface area contributed by atoms with Crippen molar-refractivity contribution in [3.63, 3.8) is 0 Å². The molecule has 0 atom stereocenters. The Morgan fingerprint density at radius 2 is 1.90 bits per heavy atom. The van der Waals surface area contributed by atoms with E-state index in [1.807, 2.05) is 12.1 Å². The van der Waals surface area contributed by atoms with Gasteiger partial charge in [0.1, 0.15) is 0 Å². The van der Waals surface area contributed by atoms with Gasteiger partial charge in [0.2, 0.25) is 0 Å². The maximum atomic E-state index is 12.0. The van der Waals surface area contributed by atoms with Crippen molar-refractivity contribution in [1.82, 2.24) is 10.3 Å². The topological polar surface area (TPSA) is 68.0 Å². The van der Waals surface area contributed by atoms with E-state index < -0.39 is 0 Å². The fourth-order valence-corrected chi connectivity index (χ4v) is 1.91. The van der Waals surface area contributed by atoms with Crippen LogP contribution in [0.4, 0.5) is 0 Å². The Kier molecular flexibility index (Phi) is 4.85. The number of nitrogens with zero attached hydrogens (tertiary/aromatic N) is 1. The summed E-state index contributed by atoms with van der Waals surface area (Å²) >= 11 is 0. The van der Waals surface area contributed by atoms with Crippen LogP contribution in [0.15, 0.2) is 42.6 Å². The molecular formula is C16H19N3O. The lowest BCUT2D eigenvalue weighted by Gasteiger charge is -2.07. The Hall–Kier alpha value is -2.20. The van der Waals surface area contributed by atoms with E-state index >= 15 is 0 Å². The fraction of sp³-hybridized carbons (Fsp3) is 0.250. The lowest BCUT2D eigenvalue weighted by Crippen LogP contribution is -2.23. The first-order valence-corrected chi connectivity index (χ1v) is 6.74. The number of carbonyl (C=O) groups is 1. The van der Waals surface area contributed by atoms with Gasteiger partial charge in [0.05, 0.1) is 5.69 Å². The molecule has 2 rings (SSSR count). The van der Waals surface area contributed by atoms with Crippen LogP contribution in [0, 0.1) is 0 Å². The van der Waals surface area contributed by atoms with Crippen molar-refractivity contribution >= 4 is 5.91 Å². The second kappa shape index (κ2) is 6.82. The maximum absolute atomic E-state index is 12.0. The van der Waals surface area contributed by atoms with E-state index in [2.05, 4.69) is 29.4 Å². The van der Waals surface area contributed by atoms with E-state index in [1.165, 1.54) is 5.56 Å². The van der Waals surface area contributed by atoms with Gasteiger partial charge in [0, 0.05) is 24.8 Å². The molecule has 1 amide bonds. The first-order chi connectivity index (χ1) is 9.72. The summed E-state index contributed by atoms with van der Waals surface area (Å²) in [4.78, 5) is 16.1. The number of amides is 1. The van der Waals surface area contributed by atoms with E-state index in [4.69, 9.17) is 5.73 Å². The number of rotatable bonds is 5. The molecule has 0 aliphatic carbocycles. The highest BCUT2D eigenvalue weighted by molar-refractivity contribution is 5.94. The molecule has 0 bridgehead atoms. The van der Waals surface area contributed by atoms with Gasteiger partial charge < -0.3 is 11.1 Å². The number of benzene rings is 1. The molecule has 1 heterocycles. The second-order valence-corrected chi connectivity index (χ2v) is 4.59. The van der Waals surface area contributed by atoms with Crippen LogP contribution >= 0.6 is 0 Å². The van der Waals surface area contributed by atoms with Gasteiger partial charge in [-0.1, -0.05) is 31.2 Å². The van der Waals surface area contributed by atoms with Crippen LogP contribution < -0.4 is 11.1 Å². The summed E-state index contributed by atoms with van der Waals surface area (Å²) in [6.07, 6.45) is 2.62. The fourth-order valence-electron chi connectivity index (χ4n) is 1.91. The zero-order valence-corrected chi connectivity index (χ0v) is 11.6. The van der Waals surface area contributed by atoms with Crippen LogP contribution in [-0.4, -0.2) is 10.9 Å². The van der Waals surface area contributed by atoms with Crippen molar-refractivity contribution < 1.29 is 4.79 Å². The van der Waals surface area contributed by atoms with E-state index in [0.29, 0.717) is 24.3 Å². The summed E-state index contributed by atoms with van der Waals surface area (Å²) in [6, 6.07) is 11.7. The number of carbonyl (C=O) groups excluding carboxylic acids is 1. The Morgan fingerprint density at radius 1 is 1.20 bits per heavy atom. The summed E-state index contributed by atoms with van der Waals surface area (Å²) in [5, 5.41) is 2.90. The lowest BCUT2D eigenvalue weighted by molar-refractivity contribution is 0.0950. The lowest BCUT2D eigenvalue weighted by atomic mass is 10.1. The van der Waals surface area contributed by atoms with Crippen molar-refractivity contribution in [3.8, 4) is 0 Å². The molecule has 0 aliphatic rings. The molecule has 1 aromatic heterocycles. The third-order valence-electron chi connectivity index (χ3n) is 3.17. The SMILES string of the molecule is CCc1ccc(CNC(=O)c2ccnc(CN)c2)cc1. The van der Waals surface area contributed by atoms with Crippen molar-refractivity contribution in [1.29, 1.82) is 0 Å². The molecule has 3 N–H and O–H groups in total. The predicted molar refractivity (Wildman–Crippen MR) is 79.1 cm³/mol. The van der Waals surface area contributed by atoms with E-state index in [-0.39, 0.29) is 5.91 Å². The highest BCUT2D eigenvalue weighted by Gasteiger charge is 2.06. The normalized spacial score (nSPS) is 10.3. The smallest absolute Gasteiger partial charge is 0.251 e. The van der Waals surface area contributed by atoms with Gasteiger partial charge in [-0.15, -0.1) is 0 Å². The first kappa shape index (κ1) is 14.2. The van der Waals surface area contributed by atoms with Crippen molar-refractivity contribution in [2.75, 3.05) is 0 Å². The largest absolute Gasteiger partial charge is 0.348 e. The van der Waals surface area contributed by atoms with E-state index in [9.17, 15) is 4.79 Å². The molecule has 0 fully saturated rings. The standard InChI is InChI=1S/C16H19N3O/c1-2-12-3-5-13(6-4-12)11-19-16(20)14-7-8-18-15(9-14)10-17/h3-9H,2,10-11,17H2,1H3,(H,19,20). The average Bonchev–Trinajstić information content (AvgIpc) is 2.53. The molecule has 0 unspecified atom stereocenters. The molecule has 20 heavy (non-hydrogen) atoms. The van der Waals surface area contributed by atoms with Crippen LogP contribution in [0.1, 0.15) is 34.1 Å².